The van der Waals surface area contributed by atoms with Gasteiger partial charge in [0.05, 0.1) is 12.5 Å². The number of nitrogens with zero attached hydrogens (tertiary/aromatic N) is 2. The Morgan fingerprint density at radius 3 is 2.22 bits per heavy atom. The van der Waals surface area contributed by atoms with Crippen molar-refractivity contribution in [1.82, 2.24) is 9.80 Å². The van der Waals surface area contributed by atoms with E-state index in [4.69, 9.17) is 5.11 Å². The molecule has 6 nitrogen and oxygen atoms in total. The molecular weight excluding hydrogens is 296 g/mol. The highest BCUT2D eigenvalue weighted by Crippen LogP contribution is 2.24. The van der Waals surface area contributed by atoms with E-state index >= 15 is 0 Å². The molecule has 23 heavy (non-hydrogen) atoms. The molecule has 1 saturated heterocycles. The topological polar surface area (TPSA) is 77.9 Å². The van der Waals surface area contributed by atoms with Crippen molar-refractivity contribution in [2.24, 2.45) is 11.8 Å². The SMILES string of the molecule is CN(CC(=O)N1CCCC(C(=O)O)C1)C(=O)C1CCCCCC1. The maximum Gasteiger partial charge on any atom is 0.308 e. The minimum atomic E-state index is -0.842. The smallest absolute Gasteiger partial charge is 0.308 e. The fraction of sp³-hybridized carbons (Fsp3) is 0.824. The number of amides is 2. The molecule has 0 spiro atoms. The lowest BCUT2D eigenvalue weighted by Crippen LogP contribution is -2.47. The zero-order valence-corrected chi connectivity index (χ0v) is 14.0. The van der Waals surface area contributed by atoms with Crippen LogP contribution in [0.25, 0.3) is 0 Å². The normalized spacial score (nSPS) is 23.2. The average Bonchev–Trinajstić information content (AvgIpc) is 2.83. The van der Waals surface area contributed by atoms with Gasteiger partial charge in [-0.15, -0.1) is 0 Å². The molecule has 0 bridgehead atoms. The molecule has 0 aromatic heterocycles. The molecule has 1 aliphatic carbocycles. The van der Waals surface area contributed by atoms with Crippen molar-refractivity contribution in [2.75, 3.05) is 26.7 Å². The molecule has 130 valence electrons. The maximum atomic E-state index is 12.5. The van der Waals surface area contributed by atoms with Crippen molar-refractivity contribution in [3.05, 3.63) is 0 Å². The van der Waals surface area contributed by atoms with Crippen molar-refractivity contribution in [3.8, 4) is 0 Å². The molecule has 2 rings (SSSR count). The second-order valence-corrected chi connectivity index (χ2v) is 6.90. The van der Waals surface area contributed by atoms with Crippen molar-refractivity contribution >= 4 is 17.8 Å². The van der Waals surface area contributed by atoms with Crippen LogP contribution in [0, 0.1) is 11.8 Å². The van der Waals surface area contributed by atoms with Crippen LogP contribution < -0.4 is 0 Å². The van der Waals surface area contributed by atoms with Crippen LogP contribution in [0.15, 0.2) is 0 Å². The standard InChI is InChI=1S/C17H28N2O4/c1-18(16(21)13-7-4-2-3-5-8-13)12-15(20)19-10-6-9-14(11-19)17(22)23/h13-14H,2-12H2,1H3,(H,22,23). The van der Waals surface area contributed by atoms with E-state index in [1.54, 1.807) is 11.9 Å². The number of hydrogen-bond acceptors (Lipinski definition) is 3. The van der Waals surface area contributed by atoms with Crippen LogP contribution in [-0.4, -0.2) is 59.4 Å². The molecule has 1 atom stereocenters. The number of hydrogen-bond donors (Lipinski definition) is 1. The molecular formula is C17H28N2O4. The lowest BCUT2D eigenvalue weighted by molar-refractivity contribution is -0.148. The lowest BCUT2D eigenvalue weighted by atomic mass is 9.98. The number of likely N-dealkylation sites (tertiary alicyclic amines) is 1. The number of carbonyl (C=O) groups excluding carboxylic acids is 2. The van der Waals surface area contributed by atoms with E-state index in [2.05, 4.69) is 0 Å². The molecule has 1 unspecified atom stereocenters. The van der Waals surface area contributed by atoms with Gasteiger partial charge < -0.3 is 14.9 Å². The highest BCUT2D eigenvalue weighted by molar-refractivity contribution is 5.86. The third-order valence-corrected chi connectivity index (χ3v) is 5.08. The van der Waals surface area contributed by atoms with E-state index in [1.807, 2.05) is 0 Å². The van der Waals surface area contributed by atoms with Gasteiger partial charge in [-0.1, -0.05) is 25.7 Å². The van der Waals surface area contributed by atoms with Gasteiger partial charge in [0, 0.05) is 26.1 Å². The van der Waals surface area contributed by atoms with Crippen LogP contribution in [0.2, 0.25) is 0 Å². The highest BCUT2D eigenvalue weighted by Gasteiger charge is 2.30. The number of rotatable bonds is 4. The molecule has 1 N–H and O–H groups in total. The van der Waals surface area contributed by atoms with Gasteiger partial charge in [0.25, 0.3) is 0 Å². The van der Waals surface area contributed by atoms with Crippen molar-refractivity contribution in [3.63, 3.8) is 0 Å². The molecule has 2 aliphatic rings. The van der Waals surface area contributed by atoms with Crippen LogP contribution in [0.4, 0.5) is 0 Å². The van der Waals surface area contributed by atoms with E-state index in [0.717, 1.165) is 25.7 Å². The summed E-state index contributed by atoms with van der Waals surface area (Å²) in [6.45, 7) is 0.912. The maximum absolute atomic E-state index is 12.5. The summed E-state index contributed by atoms with van der Waals surface area (Å²) in [5.41, 5.74) is 0. The third-order valence-electron chi connectivity index (χ3n) is 5.08. The van der Waals surface area contributed by atoms with Gasteiger partial charge in [0.2, 0.25) is 11.8 Å². The molecule has 2 amide bonds. The van der Waals surface area contributed by atoms with Gasteiger partial charge in [-0.2, -0.15) is 0 Å². The predicted octanol–water partition coefficient (Wildman–Crippen LogP) is 1.74. The van der Waals surface area contributed by atoms with Crippen molar-refractivity contribution < 1.29 is 19.5 Å². The van der Waals surface area contributed by atoms with Crippen molar-refractivity contribution in [1.29, 1.82) is 0 Å². The fourth-order valence-electron chi connectivity index (χ4n) is 3.62. The van der Waals surface area contributed by atoms with Crippen LogP contribution >= 0.6 is 0 Å². The van der Waals surface area contributed by atoms with Crippen LogP contribution in [0.3, 0.4) is 0 Å². The summed E-state index contributed by atoms with van der Waals surface area (Å²) in [5.74, 6) is -1.35. The Bertz CT molecular complexity index is 444. The Balaban J connectivity index is 1.85. The first kappa shape index (κ1) is 17.8. The summed E-state index contributed by atoms with van der Waals surface area (Å²) in [6.07, 6.45) is 7.73. The Kier molecular flexibility index (Phi) is 6.42. The Morgan fingerprint density at radius 1 is 1.00 bits per heavy atom. The second kappa shape index (κ2) is 8.31. The number of aliphatic carboxylic acids is 1. The van der Waals surface area contributed by atoms with E-state index in [9.17, 15) is 14.4 Å². The first-order chi connectivity index (χ1) is 11.0. The highest BCUT2D eigenvalue weighted by atomic mass is 16.4. The minimum absolute atomic E-state index is 0.0448. The van der Waals surface area contributed by atoms with Gasteiger partial charge in [0.15, 0.2) is 0 Å². The lowest BCUT2D eigenvalue weighted by Gasteiger charge is -2.32. The predicted molar refractivity (Wildman–Crippen MR) is 85.8 cm³/mol. The zero-order valence-electron chi connectivity index (χ0n) is 14.0. The number of carboxylic acids is 1. The molecule has 6 heteroatoms. The molecule has 1 aliphatic heterocycles. The van der Waals surface area contributed by atoms with Crippen molar-refractivity contribution in [2.45, 2.75) is 51.4 Å². The first-order valence-corrected chi connectivity index (χ1v) is 8.74. The third kappa shape index (κ3) is 4.94. The molecule has 0 aromatic carbocycles. The summed E-state index contributed by atoms with van der Waals surface area (Å²) in [4.78, 5) is 39.1. The molecule has 0 radical (unpaired) electrons. The van der Waals surface area contributed by atoms with E-state index in [0.29, 0.717) is 19.4 Å². The molecule has 2 fully saturated rings. The summed E-state index contributed by atoms with van der Waals surface area (Å²) >= 11 is 0. The molecule has 1 saturated carbocycles. The van der Waals surface area contributed by atoms with Gasteiger partial charge >= 0.3 is 5.97 Å². The fourth-order valence-corrected chi connectivity index (χ4v) is 3.62. The Labute approximate surface area is 137 Å². The van der Waals surface area contributed by atoms with Gasteiger partial charge in [-0.05, 0) is 25.7 Å². The Morgan fingerprint density at radius 2 is 1.61 bits per heavy atom. The monoisotopic (exact) mass is 324 g/mol. The van der Waals surface area contributed by atoms with E-state index in [1.165, 1.54) is 17.7 Å². The van der Waals surface area contributed by atoms with Gasteiger partial charge in [-0.3, -0.25) is 14.4 Å². The number of carbonyl (C=O) groups is 3. The number of carboxylic acid groups (broad SMARTS) is 1. The number of piperidine rings is 1. The van der Waals surface area contributed by atoms with E-state index < -0.39 is 11.9 Å². The summed E-state index contributed by atoms with van der Waals surface area (Å²) < 4.78 is 0. The summed E-state index contributed by atoms with van der Waals surface area (Å²) in [5, 5.41) is 9.10. The second-order valence-electron chi connectivity index (χ2n) is 6.90. The van der Waals surface area contributed by atoms with E-state index in [-0.39, 0.29) is 30.8 Å². The summed E-state index contributed by atoms with van der Waals surface area (Å²) in [6, 6.07) is 0. The van der Waals surface area contributed by atoms with Gasteiger partial charge in [0.1, 0.15) is 0 Å². The summed E-state index contributed by atoms with van der Waals surface area (Å²) in [7, 11) is 1.68. The van der Waals surface area contributed by atoms with Crippen LogP contribution in [0.1, 0.15) is 51.4 Å². The first-order valence-electron chi connectivity index (χ1n) is 8.74. The van der Waals surface area contributed by atoms with Gasteiger partial charge in [-0.25, -0.2) is 0 Å². The number of likely N-dealkylation sites (N-methyl/N-ethyl adjacent to an activating group) is 1. The Hall–Kier alpha value is -1.59. The molecule has 0 aromatic rings. The quantitative estimate of drug-likeness (QED) is 0.799. The molecule has 1 heterocycles. The average molecular weight is 324 g/mol. The minimum Gasteiger partial charge on any atom is -0.481 e. The van der Waals surface area contributed by atoms with Crippen LogP contribution in [0.5, 0.6) is 0 Å². The zero-order chi connectivity index (χ0) is 16.8. The van der Waals surface area contributed by atoms with Crippen LogP contribution in [-0.2, 0) is 14.4 Å². The largest absolute Gasteiger partial charge is 0.481 e.